The van der Waals surface area contributed by atoms with Crippen molar-refractivity contribution in [2.45, 2.75) is 38.9 Å². The van der Waals surface area contributed by atoms with Gasteiger partial charge in [-0.15, -0.1) is 0 Å². The van der Waals surface area contributed by atoms with E-state index < -0.39 is 6.04 Å². The van der Waals surface area contributed by atoms with Gasteiger partial charge in [0.2, 0.25) is 11.8 Å². The number of nitrogens with one attached hydrogen (secondary N) is 1. The molecule has 0 fully saturated rings. The predicted molar refractivity (Wildman–Crippen MR) is 129 cm³/mol. The van der Waals surface area contributed by atoms with E-state index in [1.807, 2.05) is 102 Å². The minimum Gasteiger partial charge on any atom is -0.327 e. The average molecular weight is 439 g/mol. The summed E-state index contributed by atoms with van der Waals surface area (Å²) in [5.41, 5.74) is 4.59. The first kappa shape index (κ1) is 20.9. The third-order valence-corrected chi connectivity index (χ3v) is 6.25. The van der Waals surface area contributed by atoms with E-state index in [1.165, 1.54) is 0 Å². The second kappa shape index (κ2) is 8.54. The number of anilines is 1. The lowest BCUT2D eigenvalue weighted by molar-refractivity contribution is -0.142. The van der Waals surface area contributed by atoms with Crippen LogP contribution in [0.2, 0.25) is 0 Å². The fraction of sp³-hybridized carbons (Fsp3) is 0.222. The third kappa shape index (κ3) is 4.00. The van der Waals surface area contributed by atoms with Gasteiger partial charge in [-0.1, -0.05) is 60.2 Å². The van der Waals surface area contributed by atoms with Crippen molar-refractivity contribution in [3.05, 3.63) is 95.8 Å². The highest BCUT2D eigenvalue weighted by Gasteiger charge is 2.40. The summed E-state index contributed by atoms with van der Waals surface area (Å²) in [5, 5.41) is 2.94. The highest BCUT2D eigenvalue weighted by molar-refractivity contribution is 5.96. The van der Waals surface area contributed by atoms with Crippen LogP contribution in [0.3, 0.4) is 0 Å². The molecule has 0 saturated heterocycles. The number of aryl methyl sites for hydroxylation is 1. The second-order valence-electron chi connectivity index (χ2n) is 8.59. The Bertz CT molecular complexity index is 1310. The molecule has 0 bridgehead atoms. The first-order valence-corrected chi connectivity index (χ1v) is 11.2. The summed E-state index contributed by atoms with van der Waals surface area (Å²) in [6.45, 7) is 4.47. The molecular weight excluding hydrogens is 412 g/mol. The van der Waals surface area contributed by atoms with Crippen molar-refractivity contribution >= 4 is 28.5 Å². The number of para-hydroxylation sites is 2. The first-order valence-electron chi connectivity index (χ1n) is 11.2. The Hall–Kier alpha value is -3.93. The molecule has 33 heavy (non-hydrogen) atoms. The SMILES string of the molecule is Cc1ccc(NC(=O)C[C@H]2C(=O)N(Cc3ccccc3)[C@H](C)c3nc4ccccc4n32)cc1. The molecule has 0 spiro atoms. The molecule has 1 N–H and O–H groups in total. The maximum atomic E-state index is 13.8. The van der Waals surface area contributed by atoms with Crippen LogP contribution >= 0.6 is 0 Å². The fourth-order valence-corrected chi connectivity index (χ4v) is 4.52. The average Bonchev–Trinajstić information content (AvgIpc) is 3.21. The number of imidazole rings is 1. The number of aromatic nitrogens is 2. The van der Waals surface area contributed by atoms with Gasteiger partial charge in [0, 0.05) is 12.2 Å². The number of hydrogen-bond acceptors (Lipinski definition) is 3. The van der Waals surface area contributed by atoms with E-state index in [9.17, 15) is 9.59 Å². The Kier molecular flexibility index (Phi) is 5.42. The lowest BCUT2D eigenvalue weighted by Gasteiger charge is -2.38. The van der Waals surface area contributed by atoms with Gasteiger partial charge in [0.25, 0.3) is 0 Å². The Balaban J connectivity index is 1.50. The van der Waals surface area contributed by atoms with Gasteiger partial charge in [-0.2, -0.15) is 0 Å². The van der Waals surface area contributed by atoms with Crippen LogP contribution in [0.25, 0.3) is 11.0 Å². The van der Waals surface area contributed by atoms with Crippen molar-refractivity contribution in [2.75, 3.05) is 5.32 Å². The summed E-state index contributed by atoms with van der Waals surface area (Å²) < 4.78 is 1.96. The molecule has 1 aromatic heterocycles. The summed E-state index contributed by atoms with van der Waals surface area (Å²) in [7, 11) is 0. The molecular formula is C27H26N4O2. The first-order chi connectivity index (χ1) is 16.0. The molecule has 0 radical (unpaired) electrons. The zero-order valence-corrected chi connectivity index (χ0v) is 18.7. The Morgan fingerprint density at radius 1 is 0.970 bits per heavy atom. The number of hydrogen-bond donors (Lipinski definition) is 1. The standard InChI is InChI=1S/C27H26N4O2/c1-18-12-14-21(15-13-18)28-25(32)16-24-27(33)30(17-20-8-4-3-5-9-20)19(2)26-29-22-10-6-7-11-23(22)31(24)26/h3-15,19,24H,16-17H2,1-2H3,(H,28,32)/t19-,24+/m1/s1. The summed E-state index contributed by atoms with van der Waals surface area (Å²) in [6, 6.07) is 24.5. The summed E-state index contributed by atoms with van der Waals surface area (Å²) in [6.07, 6.45) is 0.0398. The van der Waals surface area contributed by atoms with E-state index in [0.717, 1.165) is 33.7 Å². The summed E-state index contributed by atoms with van der Waals surface area (Å²) >= 11 is 0. The second-order valence-corrected chi connectivity index (χ2v) is 8.59. The van der Waals surface area contributed by atoms with Crippen molar-refractivity contribution in [1.82, 2.24) is 14.5 Å². The molecule has 3 aromatic carbocycles. The number of benzene rings is 3. The molecule has 6 heteroatoms. The molecule has 4 aromatic rings. The van der Waals surface area contributed by atoms with Crippen LogP contribution in [0.4, 0.5) is 5.69 Å². The topological polar surface area (TPSA) is 67.2 Å². The minimum atomic E-state index is -0.655. The molecule has 166 valence electrons. The third-order valence-electron chi connectivity index (χ3n) is 6.25. The fourth-order valence-electron chi connectivity index (χ4n) is 4.52. The largest absolute Gasteiger partial charge is 0.327 e. The zero-order chi connectivity index (χ0) is 22.9. The van der Waals surface area contributed by atoms with Crippen LogP contribution in [0.15, 0.2) is 78.9 Å². The molecule has 5 rings (SSSR count). The quantitative estimate of drug-likeness (QED) is 0.476. The molecule has 1 aliphatic heterocycles. The number of amides is 2. The van der Waals surface area contributed by atoms with Gasteiger partial charge in [-0.05, 0) is 43.7 Å². The Labute approximate surface area is 192 Å². The van der Waals surface area contributed by atoms with Gasteiger partial charge in [0.15, 0.2) is 0 Å². The van der Waals surface area contributed by atoms with E-state index in [-0.39, 0.29) is 24.3 Å². The molecule has 1 aliphatic rings. The monoisotopic (exact) mass is 438 g/mol. The molecule has 2 heterocycles. The highest BCUT2D eigenvalue weighted by Crippen LogP contribution is 2.37. The molecule has 2 amide bonds. The van der Waals surface area contributed by atoms with Crippen LogP contribution < -0.4 is 5.32 Å². The predicted octanol–water partition coefficient (Wildman–Crippen LogP) is 5.02. The minimum absolute atomic E-state index is 0.0398. The molecule has 0 saturated carbocycles. The van der Waals surface area contributed by atoms with Crippen molar-refractivity contribution in [2.24, 2.45) is 0 Å². The van der Waals surface area contributed by atoms with Crippen LogP contribution in [0.5, 0.6) is 0 Å². The van der Waals surface area contributed by atoms with Gasteiger partial charge in [-0.25, -0.2) is 4.98 Å². The summed E-state index contributed by atoms with van der Waals surface area (Å²) in [5.74, 6) is 0.538. The number of nitrogens with zero attached hydrogens (tertiary/aromatic N) is 3. The van der Waals surface area contributed by atoms with E-state index in [1.54, 1.807) is 0 Å². The number of fused-ring (bicyclic) bond motifs is 3. The Morgan fingerprint density at radius 2 is 1.67 bits per heavy atom. The lowest BCUT2D eigenvalue weighted by atomic mass is 10.0. The smallest absolute Gasteiger partial charge is 0.247 e. The van der Waals surface area contributed by atoms with E-state index >= 15 is 0 Å². The molecule has 2 atom stereocenters. The van der Waals surface area contributed by atoms with Crippen LogP contribution in [0, 0.1) is 6.92 Å². The van der Waals surface area contributed by atoms with Gasteiger partial charge in [0.1, 0.15) is 11.9 Å². The Morgan fingerprint density at radius 3 is 2.42 bits per heavy atom. The van der Waals surface area contributed by atoms with Crippen LogP contribution in [0.1, 0.15) is 42.4 Å². The number of rotatable bonds is 5. The van der Waals surface area contributed by atoms with Crippen LogP contribution in [-0.4, -0.2) is 26.3 Å². The van der Waals surface area contributed by atoms with E-state index in [4.69, 9.17) is 4.98 Å². The summed E-state index contributed by atoms with van der Waals surface area (Å²) in [4.78, 5) is 33.5. The molecule has 6 nitrogen and oxygen atoms in total. The van der Waals surface area contributed by atoms with E-state index in [2.05, 4.69) is 5.32 Å². The van der Waals surface area contributed by atoms with E-state index in [0.29, 0.717) is 6.54 Å². The van der Waals surface area contributed by atoms with Crippen LogP contribution in [-0.2, 0) is 16.1 Å². The van der Waals surface area contributed by atoms with Gasteiger partial charge in [0.05, 0.1) is 23.5 Å². The maximum Gasteiger partial charge on any atom is 0.247 e. The van der Waals surface area contributed by atoms with Gasteiger partial charge in [-0.3, -0.25) is 9.59 Å². The van der Waals surface area contributed by atoms with Crippen molar-refractivity contribution < 1.29 is 9.59 Å². The van der Waals surface area contributed by atoms with Crippen molar-refractivity contribution in [3.63, 3.8) is 0 Å². The normalized spacial score (nSPS) is 17.8. The van der Waals surface area contributed by atoms with Gasteiger partial charge < -0.3 is 14.8 Å². The van der Waals surface area contributed by atoms with Crippen molar-refractivity contribution in [3.8, 4) is 0 Å². The van der Waals surface area contributed by atoms with Gasteiger partial charge >= 0.3 is 0 Å². The maximum absolute atomic E-state index is 13.8. The number of carbonyl (C=O) groups excluding carboxylic acids is 2. The molecule has 0 aliphatic carbocycles. The molecule has 0 unspecified atom stereocenters. The van der Waals surface area contributed by atoms with Crippen molar-refractivity contribution in [1.29, 1.82) is 0 Å². The number of carbonyl (C=O) groups is 2. The zero-order valence-electron chi connectivity index (χ0n) is 18.7. The lowest BCUT2D eigenvalue weighted by Crippen LogP contribution is -2.45. The highest BCUT2D eigenvalue weighted by atomic mass is 16.2.